The first-order valence-corrected chi connectivity index (χ1v) is 7.27. The summed E-state index contributed by atoms with van der Waals surface area (Å²) in [5.74, 6) is 0.479. The number of nitrogens with one attached hydrogen (secondary N) is 1. The van der Waals surface area contributed by atoms with E-state index in [0.717, 1.165) is 24.0 Å². The van der Waals surface area contributed by atoms with Crippen molar-refractivity contribution in [1.82, 2.24) is 10.2 Å². The van der Waals surface area contributed by atoms with E-state index in [1.807, 2.05) is 0 Å². The van der Waals surface area contributed by atoms with Gasteiger partial charge in [-0.15, -0.1) is 0 Å². The SMILES string of the molecule is Nc1[nH]ncc1-c1ccc(S(=O)(=O)C2CC2)cc1. The Bertz CT molecular complexity index is 670. The van der Waals surface area contributed by atoms with Crippen molar-refractivity contribution < 1.29 is 8.42 Å². The normalized spacial score (nSPS) is 15.8. The number of rotatable bonds is 3. The van der Waals surface area contributed by atoms with Crippen molar-refractivity contribution >= 4 is 15.7 Å². The highest BCUT2D eigenvalue weighted by molar-refractivity contribution is 7.92. The minimum atomic E-state index is -3.12. The summed E-state index contributed by atoms with van der Waals surface area (Å²) < 4.78 is 24.0. The minimum Gasteiger partial charge on any atom is -0.384 e. The maximum Gasteiger partial charge on any atom is 0.181 e. The standard InChI is InChI=1S/C12H13N3O2S/c13-12-11(7-14-15-12)8-1-3-9(4-2-8)18(16,17)10-5-6-10/h1-4,7,10H,5-6H2,(H3,13,14,15). The first kappa shape index (κ1) is 11.3. The number of hydrogen-bond donors (Lipinski definition) is 2. The fourth-order valence-electron chi connectivity index (χ4n) is 1.92. The number of hydrogen-bond acceptors (Lipinski definition) is 4. The van der Waals surface area contributed by atoms with E-state index in [9.17, 15) is 8.42 Å². The Morgan fingerprint density at radius 3 is 2.39 bits per heavy atom. The van der Waals surface area contributed by atoms with Gasteiger partial charge in [-0.1, -0.05) is 12.1 Å². The Morgan fingerprint density at radius 2 is 1.89 bits per heavy atom. The monoisotopic (exact) mass is 263 g/mol. The topological polar surface area (TPSA) is 88.8 Å². The molecule has 1 aliphatic carbocycles. The summed E-state index contributed by atoms with van der Waals surface area (Å²) in [4.78, 5) is 0.385. The van der Waals surface area contributed by atoms with Crippen molar-refractivity contribution in [2.75, 3.05) is 5.73 Å². The molecule has 1 aromatic heterocycles. The van der Waals surface area contributed by atoms with E-state index in [1.165, 1.54) is 0 Å². The van der Waals surface area contributed by atoms with E-state index in [4.69, 9.17) is 5.73 Å². The van der Waals surface area contributed by atoms with Gasteiger partial charge in [0.05, 0.1) is 16.3 Å². The average molecular weight is 263 g/mol. The molecule has 0 amide bonds. The number of H-pyrrole nitrogens is 1. The highest BCUT2D eigenvalue weighted by Crippen LogP contribution is 2.34. The second kappa shape index (κ2) is 3.84. The predicted octanol–water partition coefficient (Wildman–Crippen LogP) is 1.59. The largest absolute Gasteiger partial charge is 0.384 e. The molecule has 5 nitrogen and oxygen atoms in total. The molecular formula is C12H13N3O2S. The Balaban J connectivity index is 1.97. The van der Waals surface area contributed by atoms with Gasteiger partial charge in [-0.05, 0) is 30.5 Å². The Kier molecular flexibility index (Phi) is 2.41. The van der Waals surface area contributed by atoms with E-state index in [2.05, 4.69) is 10.2 Å². The average Bonchev–Trinajstić information content (AvgIpc) is 3.13. The van der Waals surface area contributed by atoms with Crippen molar-refractivity contribution in [1.29, 1.82) is 0 Å². The number of benzene rings is 1. The van der Waals surface area contributed by atoms with E-state index in [1.54, 1.807) is 30.5 Å². The number of aromatic amines is 1. The van der Waals surface area contributed by atoms with Crippen LogP contribution in [0.4, 0.5) is 5.82 Å². The zero-order chi connectivity index (χ0) is 12.8. The van der Waals surface area contributed by atoms with Gasteiger partial charge in [-0.25, -0.2) is 8.42 Å². The van der Waals surface area contributed by atoms with Crippen LogP contribution in [0.5, 0.6) is 0 Å². The summed E-state index contributed by atoms with van der Waals surface area (Å²) in [7, 11) is -3.12. The third kappa shape index (κ3) is 1.78. The predicted molar refractivity (Wildman–Crippen MR) is 68.6 cm³/mol. The van der Waals surface area contributed by atoms with Gasteiger partial charge in [0.25, 0.3) is 0 Å². The van der Waals surface area contributed by atoms with Gasteiger partial charge in [-0.2, -0.15) is 5.10 Å². The lowest BCUT2D eigenvalue weighted by atomic mass is 10.1. The van der Waals surface area contributed by atoms with Crippen LogP contribution in [-0.2, 0) is 9.84 Å². The lowest BCUT2D eigenvalue weighted by Gasteiger charge is -2.04. The fourth-order valence-corrected chi connectivity index (χ4v) is 3.58. The molecule has 1 aromatic carbocycles. The van der Waals surface area contributed by atoms with Crippen LogP contribution in [0.2, 0.25) is 0 Å². The van der Waals surface area contributed by atoms with Crippen LogP contribution in [0.1, 0.15) is 12.8 Å². The first-order chi connectivity index (χ1) is 8.59. The molecule has 2 aromatic rings. The summed E-state index contributed by atoms with van der Waals surface area (Å²) in [5.41, 5.74) is 7.36. The quantitative estimate of drug-likeness (QED) is 0.880. The van der Waals surface area contributed by atoms with Crippen LogP contribution in [0.15, 0.2) is 35.4 Å². The molecule has 3 rings (SSSR count). The highest BCUT2D eigenvalue weighted by atomic mass is 32.2. The molecule has 94 valence electrons. The summed E-state index contributed by atoms with van der Waals surface area (Å²) in [6.07, 6.45) is 3.18. The molecular weight excluding hydrogens is 250 g/mol. The zero-order valence-corrected chi connectivity index (χ0v) is 10.4. The van der Waals surface area contributed by atoms with Crippen LogP contribution >= 0.6 is 0 Å². The van der Waals surface area contributed by atoms with Crippen LogP contribution in [0, 0.1) is 0 Å². The van der Waals surface area contributed by atoms with Gasteiger partial charge < -0.3 is 5.73 Å². The van der Waals surface area contributed by atoms with Crippen LogP contribution in [0.3, 0.4) is 0 Å². The Labute approximate surface area is 105 Å². The van der Waals surface area contributed by atoms with Crippen LogP contribution in [0.25, 0.3) is 11.1 Å². The summed E-state index contributed by atoms with van der Waals surface area (Å²) >= 11 is 0. The second-order valence-corrected chi connectivity index (χ2v) is 6.69. The summed E-state index contributed by atoms with van der Waals surface area (Å²) in [6, 6.07) is 6.79. The molecule has 0 bridgehead atoms. The molecule has 0 unspecified atom stereocenters. The van der Waals surface area contributed by atoms with Crippen molar-refractivity contribution in [3.63, 3.8) is 0 Å². The third-order valence-corrected chi connectivity index (χ3v) is 5.40. The number of aromatic nitrogens is 2. The fraction of sp³-hybridized carbons (Fsp3) is 0.250. The molecule has 6 heteroatoms. The van der Waals surface area contributed by atoms with Crippen molar-refractivity contribution in [2.45, 2.75) is 23.0 Å². The summed E-state index contributed by atoms with van der Waals surface area (Å²) in [6.45, 7) is 0. The van der Waals surface area contributed by atoms with E-state index in [-0.39, 0.29) is 5.25 Å². The molecule has 1 aliphatic rings. The number of nitrogens with two attached hydrogens (primary N) is 1. The van der Waals surface area contributed by atoms with Gasteiger partial charge in [0.15, 0.2) is 9.84 Å². The minimum absolute atomic E-state index is 0.178. The molecule has 0 saturated heterocycles. The Hall–Kier alpha value is -1.82. The van der Waals surface area contributed by atoms with Crippen LogP contribution in [-0.4, -0.2) is 23.9 Å². The second-order valence-electron chi connectivity index (χ2n) is 4.47. The maximum atomic E-state index is 12.0. The molecule has 1 heterocycles. The third-order valence-electron chi connectivity index (χ3n) is 3.13. The van der Waals surface area contributed by atoms with E-state index >= 15 is 0 Å². The molecule has 18 heavy (non-hydrogen) atoms. The molecule has 0 aliphatic heterocycles. The van der Waals surface area contributed by atoms with Gasteiger partial charge in [0.2, 0.25) is 0 Å². The van der Waals surface area contributed by atoms with E-state index < -0.39 is 9.84 Å². The van der Waals surface area contributed by atoms with Gasteiger partial charge in [-0.3, -0.25) is 5.10 Å². The lowest BCUT2D eigenvalue weighted by molar-refractivity contribution is 0.595. The van der Waals surface area contributed by atoms with E-state index in [0.29, 0.717) is 10.7 Å². The highest BCUT2D eigenvalue weighted by Gasteiger charge is 2.36. The maximum absolute atomic E-state index is 12.0. The van der Waals surface area contributed by atoms with Gasteiger partial charge in [0.1, 0.15) is 5.82 Å². The van der Waals surface area contributed by atoms with Crippen molar-refractivity contribution in [3.8, 4) is 11.1 Å². The van der Waals surface area contributed by atoms with Crippen LogP contribution < -0.4 is 5.73 Å². The van der Waals surface area contributed by atoms with Gasteiger partial charge in [0, 0.05) is 5.56 Å². The van der Waals surface area contributed by atoms with Gasteiger partial charge >= 0.3 is 0 Å². The number of nitrogen functional groups attached to an aromatic ring is 1. The summed E-state index contributed by atoms with van der Waals surface area (Å²) in [5, 5.41) is 6.31. The molecule has 0 spiro atoms. The lowest BCUT2D eigenvalue weighted by Crippen LogP contribution is -2.06. The smallest absolute Gasteiger partial charge is 0.181 e. The Morgan fingerprint density at radius 1 is 1.22 bits per heavy atom. The first-order valence-electron chi connectivity index (χ1n) is 5.72. The molecule has 0 atom stereocenters. The number of anilines is 1. The molecule has 1 saturated carbocycles. The van der Waals surface area contributed by atoms with Crippen molar-refractivity contribution in [2.24, 2.45) is 0 Å². The molecule has 1 fully saturated rings. The zero-order valence-electron chi connectivity index (χ0n) is 9.63. The number of nitrogens with zero attached hydrogens (tertiary/aromatic N) is 1. The molecule has 3 N–H and O–H groups in total. The number of sulfone groups is 1. The molecule has 0 radical (unpaired) electrons. The van der Waals surface area contributed by atoms with Crippen molar-refractivity contribution in [3.05, 3.63) is 30.5 Å².